The van der Waals surface area contributed by atoms with Crippen LogP contribution in [0.25, 0.3) is 0 Å². The highest BCUT2D eigenvalue weighted by molar-refractivity contribution is 8.08. The highest BCUT2D eigenvalue weighted by Crippen LogP contribution is 2.18. The van der Waals surface area contributed by atoms with Crippen LogP contribution in [0.2, 0.25) is 0 Å². The minimum atomic E-state index is 0.185. The maximum atomic E-state index is 5.31. The Kier molecular flexibility index (Phi) is 1.82. The van der Waals surface area contributed by atoms with Crippen molar-refractivity contribution in [1.82, 2.24) is 9.73 Å². The van der Waals surface area contributed by atoms with Gasteiger partial charge in [-0.3, -0.25) is 11.2 Å². The summed E-state index contributed by atoms with van der Waals surface area (Å²) < 4.78 is 1.79. The average molecular weight is 137 g/mol. The monoisotopic (exact) mass is 137 g/mol. The van der Waals surface area contributed by atoms with Gasteiger partial charge >= 0.3 is 0 Å². The van der Waals surface area contributed by atoms with Gasteiger partial charge in [0.05, 0.1) is 6.67 Å². The molecule has 0 aliphatic carbocycles. The molecular formula is C2H7N3S2. The lowest BCUT2D eigenvalue weighted by Crippen LogP contribution is -2.24. The SMILES string of the molecule is NN1CNC(S)S1. The molecule has 0 radical (unpaired) electrons. The van der Waals surface area contributed by atoms with Gasteiger partial charge in [0.25, 0.3) is 0 Å². The van der Waals surface area contributed by atoms with E-state index in [2.05, 4.69) is 17.9 Å². The maximum absolute atomic E-state index is 5.31. The molecule has 0 saturated carbocycles. The molecule has 1 unspecified atom stereocenters. The highest BCUT2D eigenvalue weighted by atomic mass is 32.2. The van der Waals surface area contributed by atoms with Gasteiger partial charge in [0, 0.05) is 0 Å². The molecule has 0 aromatic heterocycles. The molecule has 0 spiro atoms. The molecule has 0 aromatic carbocycles. The maximum Gasteiger partial charge on any atom is 0.114 e. The Morgan fingerprint density at radius 3 is 2.86 bits per heavy atom. The first kappa shape index (κ1) is 5.71. The van der Waals surface area contributed by atoms with E-state index in [1.54, 1.807) is 4.41 Å². The van der Waals surface area contributed by atoms with Crippen molar-refractivity contribution in [3.63, 3.8) is 0 Å². The summed E-state index contributed by atoms with van der Waals surface area (Å²) in [6, 6.07) is 0. The molecule has 1 heterocycles. The molecule has 7 heavy (non-hydrogen) atoms. The van der Waals surface area contributed by atoms with Gasteiger partial charge in [-0.25, -0.2) is 0 Å². The highest BCUT2D eigenvalue weighted by Gasteiger charge is 2.14. The molecule has 1 rings (SSSR count). The van der Waals surface area contributed by atoms with Crippen LogP contribution in [0.3, 0.4) is 0 Å². The number of nitrogens with one attached hydrogen (secondary N) is 1. The second kappa shape index (κ2) is 2.23. The van der Waals surface area contributed by atoms with Crippen LogP contribution in [0, 0.1) is 0 Å². The summed E-state index contributed by atoms with van der Waals surface area (Å²) in [4.78, 5) is 0. The van der Waals surface area contributed by atoms with Crippen LogP contribution in [-0.2, 0) is 0 Å². The lowest BCUT2D eigenvalue weighted by molar-refractivity contribution is 0.493. The van der Waals surface area contributed by atoms with Crippen LogP contribution in [0.15, 0.2) is 0 Å². The van der Waals surface area contributed by atoms with Crippen LogP contribution in [-0.4, -0.2) is 15.8 Å². The second-order valence-electron chi connectivity index (χ2n) is 1.24. The van der Waals surface area contributed by atoms with E-state index in [-0.39, 0.29) is 4.71 Å². The van der Waals surface area contributed by atoms with E-state index in [9.17, 15) is 0 Å². The normalized spacial score (nSPS) is 34.3. The zero-order valence-electron chi connectivity index (χ0n) is 3.66. The summed E-state index contributed by atoms with van der Waals surface area (Å²) in [5.74, 6) is 5.31. The van der Waals surface area contributed by atoms with Crippen molar-refractivity contribution in [2.24, 2.45) is 5.84 Å². The molecule has 1 atom stereocenters. The van der Waals surface area contributed by atoms with Gasteiger partial charge in [-0.2, -0.15) is 4.41 Å². The summed E-state index contributed by atoms with van der Waals surface area (Å²) in [6.07, 6.45) is 0. The van der Waals surface area contributed by atoms with Crippen molar-refractivity contribution >= 4 is 24.6 Å². The van der Waals surface area contributed by atoms with Gasteiger partial charge in [0.15, 0.2) is 0 Å². The lowest BCUT2D eigenvalue weighted by Gasteiger charge is -1.99. The van der Waals surface area contributed by atoms with Gasteiger partial charge in [-0.15, -0.1) is 12.6 Å². The second-order valence-corrected chi connectivity index (χ2v) is 3.25. The van der Waals surface area contributed by atoms with E-state index in [0.29, 0.717) is 0 Å². The first-order valence-electron chi connectivity index (χ1n) is 1.89. The quantitative estimate of drug-likeness (QED) is 0.241. The summed E-state index contributed by atoms with van der Waals surface area (Å²) in [5.41, 5.74) is 0. The summed E-state index contributed by atoms with van der Waals surface area (Å²) >= 11 is 5.57. The van der Waals surface area contributed by atoms with Crippen molar-refractivity contribution in [1.29, 1.82) is 0 Å². The molecule has 42 valence electrons. The van der Waals surface area contributed by atoms with Crippen LogP contribution in [0.1, 0.15) is 0 Å². The van der Waals surface area contributed by atoms with E-state index < -0.39 is 0 Å². The fourth-order valence-electron chi connectivity index (χ4n) is 0.371. The van der Waals surface area contributed by atoms with Crippen LogP contribution in [0.5, 0.6) is 0 Å². The van der Waals surface area contributed by atoms with Crippen molar-refractivity contribution in [3.05, 3.63) is 0 Å². The Balaban J connectivity index is 2.26. The van der Waals surface area contributed by atoms with Crippen LogP contribution < -0.4 is 11.2 Å². The Bertz CT molecular complexity index is 60.0. The molecule has 0 amide bonds. The largest absolute Gasteiger partial charge is 0.281 e. The topological polar surface area (TPSA) is 41.3 Å². The van der Waals surface area contributed by atoms with Crippen molar-refractivity contribution < 1.29 is 0 Å². The molecule has 0 bridgehead atoms. The van der Waals surface area contributed by atoms with Gasteiger partial charge < -0.3 is 0 Å². The number of rotatable bonds is 0. The van der Waals surface area contributed by atoms with E-state index in [1.165, 1.54) is 11.9 Å². The van der Waals surface area contributed by atoms with Gasteiger partial charge in [-0.05, 0) is 11.9 Å². The first-order valence-corrected chi connectivity index (χ1v) is 3.25. The fraction of sp³-hybridized carbons (Fsp3) is 1.00. The first-order chi connectivity index (χ1) is 3.29. The number of nitrogens with zero attached hydrogens (tertiary/aromatic N) is 1. The number of hydrogen-bond donors (Lipinski definition) is 3. The van der Waals surface area contributed by atoms with Crippen molar-refractivity contribution in [3.8, 4) is 0 Å². The lowest BCUT2D eigenvalue weighted by atomic mass is 11.1. The van der Waals surface area contributed by atoms with Gasteiger partial charge in [-0.1, -0.05) is 0 Å². The van der Waals surface area contributed by atoms with Crippen LogP contribution in [0.4, 0.5) is 0 Å². The third-order valence-electron chi connectivity index (χ3n) is 0.657. The summed E-state index contributed by atoms with van der Waals surface area (Å²) in [5, 5.41) is 3.00. The molecule has 1 aliphatic heterocycles. The Hall–Kier alpha value is 0.580. The number of thiol groups is 1. The number of nitrogens with two attached hydrogens (primary N) is 1. The van der Waals surface area contributed by atoms with E-state index in [1.807, 2.05) is 0 Å². The Labute approximate surface area is 52.1 Å². The number of hydrogen-bond acceptors (Lipinski definition) is 5. The molecular weight excluding hydrogens is 130 g/mol. The molecule has 1 fully saturated rings. The molecule has 3 nitrogen and oxygen atoms in total. The molecule has 1 aliphatic rings. The van der Waals surface area contributed by atoms with Crippen LogP contribution >= 0.6 is 24.6 Å². The van der Waals surface area contributed by atoms with E-state index in [0.717, 1.165) is 6.67 Å². The Morgan fingerprint density at radius 1 is 2.00 bits per heavy atom. The molecule has 1 saturated heterocycles. The zero-order valence-corrected chi connectivity index (χ0v) is 5.38. The smallest absolute Gasteiger partial charge is 0.114 e. The predicted molar refractivity (Wildman–Crippen MR) is 34.4 cm³/mol. The molecule has 5 heteroatoms. The number of hydrazine groups is 1. The Morgan fingerprint density at radius 2 is 2.71 bits per heavy atom. The minimum Gasteiger partial charge on any atom is -0.281 e. The van der Waals surface area contributed by atoms with E-state index >= 15 is 0 Å². The minimum absolute atomic E-state index is 0.185. The predicted octanol–water partition coefficient (Wildman–Crippen LogP) is -0.416. The average Bonchev–Trinajstić information content (AvgIpc) is 1.87. The van der Waals surface area contributed by atoms with Gasteiger partial charge in [0.2, 0.25) is 0 Å². The fourth-order valence-corrected chi connectivity index (χ4v) is 1.37. The summed E-state index contributed by atoms with van der Waals surface area (Å²) in [6.45, 7) is 0.721. The third-order valence-corrected chi connectivity index (χ3v) is 1.89. The standard InChI is InChI=1S/C2H7N3S2/c3-5-1-4-2(6)7-5/h2,4,6H,1,3H2. The summed E-state index contributed by atoms with van der Waals surface area (Å²) in [7, 11) is 0. The zero-order chi connectivity index (χ0) is 5.28. The van der Waals surface area contributed by atoms with Gasteiger partial charge in [0.1, 0.15) is 4.71 Å². The van der Waals surface area contributed by atoms with Crippen molar-refractivity contribution in [2.45, 2.75) is 4.71 Å². The molecule has 0 aromatic rings. The van der Waals surface area contributed by atoms with E-state index in [4.69, 9.17) is 5.84 Å². The molecule has 3 N–H and O–H groups in total. The third kappa shape index (κ3) is 1.50. The van der Waals surface area contributed by atoms with Crippen molar-refractivity contribution in [2.75, 3.05) is 6.67 Å².